The molecule has 1 aromatic rings. The van der Waals surface area contributed by atoms with Crippen molar-refractivity contribution >= 4 is 23.5 Å². The second-order valence-electron chi connectivity index (χ2n) is 3.53. The molecule has 0 bridgehead atoms. The van der Waals surface area contributed by atoms with E-state index in [2.05, 4.69) is 9.97 Å². The second-order valence-corrected chi connectivity index (χ2v) is 4.68. The van der Waals surface area contributed by atoms with Crippen LogP contribution >= 0.6 is 11.8 Å². The highest BCUT2D eigenvalue weighted by Crippen LogP contribution is 2.26. The first-order chi connectivity index (χ1) is 7.18. The van der Waals surface area contributed by atoms with E-state index in [1.165, 1.54) is 0 Å². The number of hydrogen-bond donors (Lipinski definition) is 1. The zero-order chi connectivity index (χ0) is 10.8. The van der Waals surface area contributed by atoms with Gasteiger partial charge in [0.1, 0.15) is 0 Å². The Morgan fingerprint density at radius 2 is 2.47 bits per heavy atom. The molecular weight excluding hydrogens is 215 g/mol. The lowest BCUT2D eigenvalue weighted by Crippen LogP contribution is -2.33. The molecule has 1 aromatic heterocycles. The highest BCUT2D eigenvalue weighted by molar-refractivity contribution is 7.99. The Kier molecular flexibility index (Phi) is 2.95. The van der Waals surface area contributed by atoms with Crippen LogP contribution in [0.2, 0.25) is 0 Å². The van der Waals surface area contributed by atoms with E-state index in [1.807, 2.05) is 23.7 Å². The fraction of sp³-hybridized carbons (Fsp3) is 0.556. The highest BCUT2D eigenvalue weighted by atomic mass is 32.2. The Morgan fingerprint density at radius 1 is 1.67 bits per heavy atom. The van der Waals surface area contributed by atoms with Gasteiger partial charge in [-0.2, -0.15) is 16.7 Å². The molecular formula is C9H13FN4S. The fourth-order valence-electron chi connectivity index (χ4n) is 1.62. The summed E-state index contributed by atoms with van der Waals surface area (Å²) in [5.41, 5.74) is 5.44. The first-order valence-electron chi connectivity index (χ1n) is 4.77. The van der Waals surface area contributed by atoms with E-state index in [9.17, 15) is 4.39 Å². The largest absolute Gasteiger partial charge is 0.368 e. The SMILES string of the molecule is CN(c1nc(N)ncc1F)C1CCSC1. The van der Waals surface area contributed by atoms with E-state index in [1.54, 1.807) is 0 Å². The molecule has 1 unspecified atom stereocenters. The molecule has 1 aliphatic heterocycles. The molecule has 82 valence electrons. The maximum atomic E-state index is 13.4. The van der Waals surface area contributed by atoms with Gasteiger partial charge in [-0.3, -0.25) is 0 Å². The van der Waals surface area contributed by atoms with Crippen LogP contribution in [0.4, 0.5) is 16.2 Å². The summed E-state index contributed by atoms with van der Waals surface area (Å²) in [4.78, 5) is 9.39. The molecule has 0 aromatic carbocycles. The maximum absolute atomic E-state index is 13.4. The summed E-state index contributed by atoms with van der Waals surface area (Å²) in [6.45, 7) is 0. The molecule has 2 N–H and O–H groups in total. The Hall–Kier alpha value is -1.04. The van der Waals surface area contributed by atoms with E-state index in [4.69, 9.17) is 5.73 Å². The maximum Gasteiger partial charge on any atom is 0.222 e. The van der Waals surface area contributed by atoms with Crippen molar-refractivity contribution in [1.29, 1.82) is 0 Å². The molecule has 6 heteroatoms. The van der Waals surface area contributed by atoms with Crippen LogP contribution in [0.5, 0.6) is 0 Å². The molecule has 1 aliphatic rings. The minimum Gasteiger partial charge on any atom is -0.368 e. The summed E-state index contributed by atoms with van der Waals surface area (Å²) >= 11 is 1.88. The van der Waals surface area contributed by atoms with Gasteiger partial charge in [0.25, 0.3) is 0 Å². The van der Waals surface area contributed by atoms with Gasteiger partial charge in [-0.1, -0.05) is 0 Å². The number of halogens is 1. The molecule has 2 rings (SSSR count). The van der Waals surface area contributed by atoms with Gasteiger partial charge in [0.15, 0.2) is 11.6 Å². The van der Waals surface area contributed by atoms with Gasteiger partial charge in [0.05, 0.1) is 6.20 Å². The quantitative estimate of drug-likeness (QED) is 0.822. The lowest BCUT2D eigenvalue weighted by Gasteiger charge is -2.24. The number of nitrogens with zero attached hydrogens (tertiary/aromatic N) is 3. The predicted molar refractivity (Wildman–Crippen MR) is 60.5 cm³/mol. The van der Waals surface area contributed by atoms with Crippen molar-refractivity contribution in [3.05, 3.63) is 12.0 Å². The molecule has 4 nitrogen and oxygen atoms in total. The van der Waals surface area contributed by atoms with Crippen LogP contribution in [0.1, 0.15) is 6.42 Å². The number of thioether (sulfide) groups is 1. The van der Waals surface area contributed by atoms with Crippen LogP contribution in [0, 0.1) is 5.82 Å². The molecule has 1 saturated heterocycles. The van der Waals surface area contributed by atoms with Crippen molar-refractivity contribution in [3.8, 4) is 0 Å². The van der Waals surface area contributed by atoms with Crippen molar-refractivity contribution in [2.45, 2.75) is 12.5 Å². The Bertz CT molecular complexity index is 354. The molecule has 15 heavy (non-hydrogen) atoms. The molecule has 2 heterocycles. The van der Waals surface area contributed by atoms with Crippen LogP contribution in [0.25, 0.3) is 0 Å². The third-order valence-corrected chi connectivity index (χ3v) is 3.68. The minimum atomic E-state index is -0.413. The van der Waals surface area contributed by atoms with E-state index in [0.717, 1.165) is 24.1 Å². The Balaban J connectivity index is 2.23. The fourth-order valence-corrected chi connectivity index (χ4v) is 2.89. The second kappa shape index (κ2) is 4.22. The zero-order valence-corrected chi connectivity index (χ0v) is 9.30. The van der Waals surface area contributed by atoms with Gasteiger partial charge in [-0.05, 0) is 12.2 Å². The normalized spacial score (nSPS) is 20.5. The summed E-state index contributed by atoms with van der Waals surface area (Å²) in [5, 5.41) is 0. The first kappa shape index (κ1) is 10.5. The van der Waals surface area contributed by atoms with Gasteiger partial charge >= 0.3 is 0 Å². The molecule has 0 aliphatic carbocycles. The van der Waals surface area contributed by atoms with Crippen molar-refractivity contribution in [3.63, 3.8) is 0 Å². The van der Waals surface area contributed by atoms with Gasteiger partial charge in [-0.25, -0.2) is 9.37 Å². The van der Waals surface area contributed by atoms with Crippen molar-refractivity contribution in [1.82, 2.24) is 9.97 Å². The smallest absolute Gasteiger partial charge is 0.222 e. The number of anilines is 2. The van der Waals surface area contributed by atoms with Gasteiger partial charge < -0.3 is 10.6 Å². The molecule has 1 atom stereocenters. The number of nitrogen functional groups attached to an aromatic ring is 1. The van der Waals surface area contributed by atoms with Gasteiger partial charge in [0.2, 0.25) is 5.95 Å². The topological polar surface area (TPSA) is 55.0 Å². The van der Waals surface area contributed by atoms with Crippen LogP contribution in [0.15, 0.2) is 6.20 Å². The molecule has 0 radical (unpaired) electrons. The number of nitrogens with two attached hydrogens (primary N) is 1. The molecule has 0 spiro atoms. The Labute approximate surface area is 92.1 Å². The summed E-state index contributed by atoms with van der Waals surface area (Å²) < 4.78 is 13.4. The minimum absolute atomic E-state index is 0.115. The van der Waals surface area contributed by atoms with E-state index in [-0.39, 0.29) is 5.95 Å². The molecule has 0 amide bonds. The van der Waals surface area contributed by atoms with E-state index in [0.29, 0.717) is 11.9 Å². The number of hydrogen-bond acceptors (Lipinski definition) is 5. The summed E-state index contributed by atoms with van der Waals surface area (Å²) in [6.07, 6.45) is 2.18. The van der Waals surface area contributed by atoms with Gasteiger partial charge in [0, 0.05) is 18.8 Å². The average Bonchev–Trinajstić information content (AvgIpc) is 2.74. The van der Waals surface area contributed by atoms with Crippen molar-refractivity contribution in [2.75, 3.05) is 29.2 Å². The van der Waals surface area contributed by atoms with Crippen molar-refractivity contribution in [2.24, 2.45) is 0 Å². The first-order valence-corrected chi connectivity index (χ1v) is 5.92. The van der Waals surface area contributed by atoms with Crippen LogP contribution < -0.4 is 10.6 Å². The summed E-state index contributed by atoms with van der Waals surface area (Å²) in [5.74, 6) is 2.14. The standard InChI is InChI=1S/C9H13FN4S/c1-14(6-2-3-15-5-6)8-7(10)4-12-9(11)13-8/h4,6H,2-3,5H2,1H3,(H2,11,12,13). The van der Waals surface area contributed by atoms with Crippen molar-refractivity contribution < 1.29 is 4.39 Å². The predicted octanol–water partition coefficient (Wildman–Crippen LogP) is 1.14. The molecule has 0 saturated carbocycles. The van der Waals surface area contributed by atoms with Crippen LogP contribution in [-0.2, 0) is 0 Å². The number of rotatable bonds is 2. The lowest BCUT2D eigenvalue weighted by atomic mass is 10.2. The summed E-state index contributed by atoms with van der Waals surface area (Å²) in [6, 6.07) is 0.346. The molecule has 1 fully saturated rings. The monoisotopic (exact) mass is 228 g/mol. The Morgan fingerprint density at radius 3 is 3.13 bits per heavy atom. The van der Waals surface area contributed by atoms with E-state index < -0.39 is 5.82 Å². The highest BCUT2D eigenvalue weighted by Gasteiger charge is 2.23. The third-order valence-electron chi connectivity index (χ3n) is 2.53. The third kappa shape index (κ3) is 2.14. The zero-order valence-electron chi connectivity index (χ0n) is 8.48. The van der Waals surface area contributed by atoms with Crippen LogP contribution in [-0.4, -0.2) is 34.6 Å². The average molecular weight is 228 g/mol. The summed E-state index contributed by atoms with van der Waals surface area (Å²) in [7, 11) is 1.85. The van der Waals surface area contributed by atoms with E-state index >= 15 is 0 Å². The number of aromatic nitrogens is 2. The van der Waals surface area contributed by atoms with Crippen LogP contribution in [0.3, 0.4) is 0 Å². The lowest BCUT2D eigenvalue weighted by molar-refractivity contribution is 0.592. The van der Waals surface area contributed by atoms with Gasteiger partial charge in [-0.15, -0.1) is 0 Å².